The van der Waals surface area contributed by atoms with Crippen molar-refractivity contribution in [2.24, 2.45) is 0 Å². The third-order valence-corrected chi connectivity index (χ3v) is 2.52. The molecule has 0 aromatic rings. The monoisotopic (exact) mass is 182 g/mol. The Morgan fingerprint density at radius 2 is 2.08 bits per heavy atom. The van der Waals surface area contributed by atoms with Crippen molar-refractivity contribution in [1.29, 1.82) is 0 Å². The fraction of sp³-hybridized carbons (Fsp3) is 0.778. The van der Waals surface area contributed by atoms with Gasteiger partial charge >= 0.3 is 6.03 Å². The molecule has 2 rings (SSSR count). The van der Waals surface area contributed by atoms with Gasteiger partial charge in [0, 0.05) is 12.6 Å². The number of imide groups is 1. The molecule has 1 aliphatic carbocycles. The van der Waals surface area contributed by atoms with E-state index in [1.165, 1.54) is 4.90 Å². The van der Waals surface area contributed by atoms with Gasteiger partial charge in [0.05, 0.1) is 0 Å². The Morgan fingerprint density at radius 3 is 2.62 bits per heavy atom. The lowest BCUT2D eigenvalue weighted by Crippen LogP contribution is -2.34. The normalized spacial score (nSPS) is 23.2. The van der Waals surface area contributed by atoms with Crippen molar-refractivity contribution in [2.75, 3.05) is 13.1 Å². The van der Waals surface area contributed by atoms with Crippen LogP contribution in [0.3, 0.4) is 0 Å². The van der Waals surface area contributed by atoms with E-state index in [1.54, 1.807) is 4.90 Å². The SMILES string of the molecule is CCCN1C(=O)CN(C2CC2)C1=O. The van der Waals surface area contributed by atoms with Gasteiger partial charge in [-0.15, -0.1) is 0 Å². The Morgan fingerprint density at radius 1 is 1.38 bits per heavy atom. The molecule has 0 spiro atoms. The molecular formula is C9H14N2O2. The molecule has 1 saturated carbocycles. The molecule has 0 aromatic heterocycles. The van der Waals surface area contributed by atoms with E-state index in [2.05, 4.69) is 0 Å². The Bertz CT molecular complexity index is 248. The average Bonchev–Trinajstić information content (AvgIpc) is 2.88. The number of nitrogens with zero attached hydrogens (tertiary/aromatic N) is 2. The molecule has 13 heavy (non-hydrogen) atoms. The summed E-state index contributed by atoms with van der Waals surface area (Å²) in [6, 6.07) is 0.285. The number of hydrogen-bond donors (Lipinski definition) is 0. The van der Waals surface area contributed by atoms with Crippen LogP contribution in [0.2, 0.25) is 0 Å². The van der Waals surface area contributed by atoms with E-state index in [1.807, 2.05) is 6.92 Å². The van der Waals surface area contributed by atoms with Crippen LogP contribution in [0.1, 0.15) is 26.2 Å². The summed E-state index contributed by atoms with van der Waals surface area (Å²) in [6.07, 6.45) is 2.98. The van der Waals surface area contributed by atoms with Gasteiger partial charge in [0.15, 0.2) is 0 Å². The fourth-order valence-corrected chi connectivity index (χ4v) is 1.68. The minimum absolute atomic E-state index is 0.0289. The first-order valence-electron chi connectivity index (χ1n) is 4.85. The molecule has 4 heteroatoms. The Balaban J connectivity index is 2.04. The molecule has 3 amide bonds. The van der Waals surface area contributed by atoms with Crippen molar-refractivity contribution in [3.8, 4) is 0 Å². The van der Waals surface area contributed by atoms with Crippen LogP contribution in [-0.4, -0.2) is 40.9 Å². The first-order valence-corrected chi connectivity index (χ1v) is 4.85. The van der Waals surface area contributed by atoms with Crippen LogP contribution in [0.4, 0.5) is 4.79 Å². The van der Waals surface area contributed by atoms with Gasteiger partial charge in [-0.3, -0.25) is 9.69 Å². The number of rotatable bonds is 3. The highest BCUT2D eigenvalue weighted by Gasteiger charge is 2.42. The molecule has 0 atom stereocenters. The van der Waals surface area contributed by atoms with Crippen LogP contribution in [0.25, 0.3) is 0 Å². The molecule has 4 nitrogen and oxygen atoms in total. The van der Waals surface area contributed by atoms with Gasteiger partial charge in [0.25, 0.3) is 0 Å². The number of amides is 3. The highest BCUT2D eigenvalue weighted by molar-refractivity contribution is 6.02. The molecule has 1 saturated heterocycles. The van der Waals surface area contributed by atoms with Gasteiger partial charge in [-0.05, 0) is 19.3 Å². The first-order chi connectivity index (χ1) is 6.24. The zero-order valence-electron chi connectivity index (χ0n) is 7.82. The number of carbonyl (C=O) groups is 2. The Labute approximate surface area is 77.5 Å². The van der Waals surface area contributed by atoms with E-state index < -0.39 is 0 Å². The summed E-state index contributed by atoms with van der Waals surface area (Å²) in [6.45, 7) is 2.85. The van der Waals surface area contributed by atoms with Gasteiger partial charge in [-0.25, -0.2) is 4.79 Å². The quantitative estimate of drug-likeness (QED) is 0.606. The van der Waals surface area contributed by atoms with Crippen LogP contribution < -0.4 is 0 Å². The van der Waals surface area contributed by atoms with Gasteiger partial charge in [0.1, 0.15) is 6.54 Å². The molecule has 0 bridgehead atoms. The van der Waals surface area contributed by atoms with Gasteiger partial charge in [-0.1, -0.05) is 6.92 Å². The smallest absolute Gasteiger partial charge is 0.312 e. The van der Waals surface area contributed by atoms with Crippen LogP contribution in [0.5, 0.6) is 0 Å². The second-order valence-electron chi connectivity index (χ2n) is 3.69. The Kier molecular flexibility index (Phi) is 1.98. The van der Waals surface area contributed by atoms with Crippen molar-refractivity contribution < 1.29 is 9.59 Å². The maximum atomic E-state index is 11.6. The van der Waals surface area contributed by atoms with Crippen molar-refractivity contribution in [1.82, 2.24) is 9.80 Å². The standard InChI is InChI=1S/C9H14N2O2/c1-2-5-10-8(12)6-11(9(10)13)7-3-4-7/h7H,2-6H2,1H3. The van der Waals surface area contributed by atoms with Crippen LogP contribution >= 0.6 is 0 Å². The molecule has 0 N–H and O–H groups in total. The highest BCUT2D eigenvalue weighted by atomic mass is 16.2. The minimum atomic E-state index is -0.0747. The van der Waals surface area contributed by atoms with Crippen LogP contribution in [0.15, 0.2) is 0 Å². The van der Waals surface area contributed by atoms with Crippen LogP contribution in [0, 0.1) is 0 Å². The van der Waals surface area contributed by atoms with Crippen molar-refractivity contribution in [3.63, 3.8) is 0 Å². The zero-order valence-corrected chi connectivity index (χ0v) is 7.82. The number of carbonyl (C=O) groups excluding carboxylic acids is 2. The predicted molar refractivity (Wildman–Crippen MR) is 47.1 cm³/mol. The maximum absolute atomic E-state index is 11.6. The van der Waals surface area contributed by atoms with Crippen molar-refractivity contribution >= 4 is 11.9 Å². The zero-order chi connectivity index (χ0) is 9.42. The van der Waals surface area contributed by atoms with E-state index >= 15 is 0 Å². The largest absolute Gasteiger partial charge is 0.327 e. The molecule has 0 unspecified atom stereocenters. The van der Waals surface area contributed by atoms with E-state index in [9.17, 15) is 9.59 Å². The molecule has 72 valence electrons. The summed E-state index contributed by atoms with van der Waals surface area (Å²) in [5.74, 6) is -0.0289. The van der Waals surface area contributed by atoms with E-state index in [0.717, 1.165) is 19.3 Å². The molecule has 2 aliphatic rings. The summed E-state index contributed by atoms with van der Waals surface area (Å²) >= 11 is 0. The second-order valence-corrected chi connectivity index (χ2v) is 3.69. The average molecular weight is 182 g/mol. The second kappa shape index (κ2) is 3.01. The molecule has 0 aromatic carbocycles. The first kappa shape index (κ1) is 8.53. The van der Waals surface area contributed by atoms with Gasteiger partial charge in [0.2, 0.25) is 5.91 Å². The molecule has 1 aliphatic heterocycles. The van der Waals surface area contributed by atoms with Crippen molar-refractivity contribution in [2.45, 2.75) is 32.2 Å². The minimum Gasteiger partial charge on any atom is -0.312 e. The highest BCUT2D eigenvalue weighted by Crippen LogP contribution is 2.30. The third kappa shape index (κ3) is 1.41. The molecular weight excluding hydrogens is 168 g/mol. The summed E-state index contributed by atoms with van der Waals surface area (Å²) < 4.78 is 0. The van der Waals surface area contributed by atoms with Gasteiger partial charge in [-0.2, -0.15) is 0 Å². The molecule has 2 fully saturated rings. The lowest BCUT2D eigenvalue weighted by atomic mass is 10.4. The topological polar surface area (TPSA) is 40.6 Å². The third-order valence-electron chi connectivity index (χ3n) is 2.52. The van der Waals surface area contributed by atoms with E-state index in [-0.39, 0.29) is 11.9 Å². The van der Waals surface area contributed by atoms with Crippen molar-refractivity contribution in [3.05, 3.63) is 0 Å². The molecule has 0 radical (unpaired) electrons. The summed E-state index contributed by atoms with van der Waals surface area (Å²) in [5.41, 5.74) is 0. The summed E-state index contributed by atoms with van der Waals surface area (Å²) in [7, 11) is 0. The lowest BCUT2D eigenvalue weighted by molar-refractivity contribution is -0.125. The Hall–Kier alpha value is -1.06. The van der Waals surface area contributed by atoms with E-state index in [4.69, 9.17) is 0 Å². The summed E-state index contributed by atoms with van der Waals surface area (Å²) in [5, 5.41) is 0. The fourth-order valence-electron chi connectivity index (χ4n) is 1.68. The molecule has 1 heterocycles. The van der Waals surface area contributed by atoms with Gasteiger partial charge < -0.3 is 4.90 Å². The van der Waals surface area contributed by atoms with Crippen LogP contribution in [-0.2, 0) is 4.79 Å². The number of hydrogen-bond acceptors (Lipinski definition) is 2. The predicted octanol–water partition coefficient (Wildman–Crippen LogP) is 0.823. The summed E-state index contributed by atoms with van der Waals surface area (Å²) in [4.78, 5) is 26.1. The maximum Gasteiger partial charge on any atom is 0.327 e. The van der Waals surface area contributed by atoms with E-state index in [0.29, 0.717) is 19.1 Å². The lowest BCUT2D eigenvalue weighted by Gasteiger charge is -2.15. The number of urea groups is 1.